The number of nitrogens with zero attached hydrogens (tertiary/aromatic N) is 1. The zero-order valence-electron chi connectivity index (χ0n) is 12.7. The first-order valence-electron chi connectivity index (χ1n) is 6.98. The fourth-order valence-corrected chi connectivity index (χ4v) is 4.48. The molecule has 5 nitrogen and oxygen atoms in total. The minimum atomic E-state index is -3.51. The lowest BCUT2D eigenvalue weighted by molar-refractivity contribution is 0.135. The summed E-state index contributed by atoms with van der Waals surface area (Å²) in [5.74, 6) is 0. The molecule has 0 bridgehead atoms. The lowest BCUT2D eigenvalue weighted by atomic mass is 10.2. The van der Waals surface area contributed by atoms with Crippen molar-refractivity contribution in [2.45, 2.75) is 25.3 Å². The van der Waals surface area contributed by atoms with Gasteiger partial charge in [0.25, 0.3) is 0 Å². The van der Waals surface area contributed by atoms with E-state index in [2.05, 4.69) is 21.2 Å². The van der Waals surface area contributed by atoms with Crippen LogP contribution in [0.3, 0.4) is 0 Å². The van der Waals surface area contributed by atoms with Crippen molar-refractivity contribution in [2.24, 2.45) is 0 Å². The van der Waals surface area contributed by atoms with Crippen LogP contribution in [0.15, 0.2) is 27.6 Å². The minimum Gasteiger partial charge on any atom is -0.380 e. The van der Waals surface area contributed by atoms with Crippen molar-refractivity contribution in [1.82, 2.24) is 9.62 Å². The van der Waals surface area contributed by atoms with E-state index in [9.17, 15) is 8.42 Å². The number of benzene rings is 1. The molecular formula is C14H23BrN2O3S. The maximum Gasteiger partial charge on any atom is 0.244 e. The molecule has 1 N–H and O–H groups in total. The van der Waals surface area contributed by atoms with Crippen molar-refractivity contribution in [2.75, 3.05) is 33.4 Å². The number of nitrogens with one attached hydrogen (secondary N) is 1. The van der Waals surface area contributed by atoms with Crippen LogP contribution in [0.5, 0.6) is 0 Å². The number of hydrogen-bond donors (Lipinski definition) is 1. The maximum atomic E-state index is 12.7. The molecule has 0 unspecified atom stereocenters. The van der Waals surface area contributed by atoms with Gasteiger partial charge in [0.1, 0.15) is 0 Å². The molecule has 0 saturated carbocycles. The molecule has 0 aliphatic heterocycles. The fourth-order valence-electron chi connectivity index (χ4n) is 1.97. The second-order valence-electron chi connectivity index (χ2n) is 4.49. The topological polar surface area (TPSA) is 58.6 Å². The van der Waals surface area contributed by atoms with Gasteiger partial charge in [0.15, 0.2) is 0 Å². The predicted molar refractivity (Wildman–Crippen MR) is 87.8 cm³/mol. The van der Waals surface area contributed by atoms with Gasteiger partial charge in [-0.05, 0) is 47.6 Å². The number of halogens is 1. The van der Waals surface area contributed by atoms with Gasteiger partial charge < -0.3 is 10.1 Å². The maximum absolute atomic E-state index is 12.7. The smallest absolute Gasteiger partial charge is 0.244 e. The first-order chi connectivity index (χ1) is 9.97. The van der Waals surface area contributed by atoms with Crippen LogP contribution in [-0.4, -0.2) is 46.1 Å². The summed E-state index contributed by atoms with van der Waals surface area (Å²) in [5, 5.41) is 3.04. The van der Waals surface area contributed by atoms with Crippen LogP contribution in [0.25, 0.3) is 0 Å². The van der Waals surface area contributed by atoms with Crippen LogP contribution >= 0.6 is 15.9 Å². The van der Waals surface area contributed by atoms with Gasteiger partial charge in [0.2, 0.25) is 10.0 Å². The highest BCUT2D eigenvalue weighted by Gasteiger charge is 2.25. The van der Waals surface area contributed by atoms with Gasteiger partial charge in [-0.3, -0.25) is 0 Å². The molecule has 0 heterocycles. The van der Waals surface area contributed by atoms with Gasteiger partial charge in [-0.2, -0.15) is 4.31 Å². The molecule has 7 heteroatoms. The Kier molecular flexibility index (Phi) is 7.83. The molecule has 0 amide bonds. The molecule has 1 rings (SSSR count). The Bertz CT molecular complexity index is 549. The summed E-state index contributed by atoms with van der Waals surface area (Å²) in [6.45, 7) is 6.17. The average Bonchev–Trinajstić information content (AvgIpc) is 2.43. The quantitative estimate of drug-likeness (QED) is 0.669. The van der Waals surface area contributed by atoms with Crippen LogP contribution in [0.2, 0.25) is 0 Å². The van der Waals surface area contributed by atoms with Gasteiger partial charge in [-0.15, -0.1) is 0 Å². The van der Waals surface area contributed by atoms with Gasteiger partial charge in [0.05, 0.1) is 11.5 Å². The number of likely N-dealkylation sites (N-methyl/N-ethyl adjacent to an activating group) is 1. The largest absolute Gasteiger partial charge is 0.380 e. The number of ether oxygens (including phenoxy) is 1. The van der Waals surface area contributed by atoms with E-state index >= 15 is 0 Å². The van der Waals surface area contributed by atoms with Crippen molar-refractivity contribution < 1.29 is 13.2 Å². The van der Waals surface area contributed by atoms with E-state index in [1.165, 1.54) is 4.31 Å². The standard InChI is InChI=1S/C14H23BrN2O3S/c1-4-17(8-9-20-5-2)21(18,19)14-7-6-12(11-16-3)10-13(14)15/h6-7,10,16H,4-5,8-9,11H2,1-3H3. The number of hydrogen-bond acceptors (Lipinski definition) is 4. The van der Waals surface area contributed by atoms with Gasteiger partial charge in [0, 0.05) is 30.7 Å². The van der Waals surface area contributed by atoms with Crippen LogP contribution < -0.4 is 5.32 Å². The molecule has 0 saturated heterocycles. The van der Waals surface area contributed by atoms with Gasteiger partial charge >= 0.3 is 0 Å². The monoisotopic (exact) mass is 378 g/mol. The third-order valence-corrected chi connectivity index (χ3v) is 5.99. The molecule has 0 fully saturated rings. The van der Waals surface area contributed by atoms with E-state index in [0.29, 0.717) is 42.2 Å². The summed E-state index contributed by atoms with van der Waals surface area (Å²) in [5.41, 5.74) is 1.03. The molecular weight excluding hydrogens is 356 g/mol. The third-order valence-electron chi connectivity index (χ3n) is 3.04. The van der Waals surface area contributed by atoms with Crippen LogP contribution in [0, 0.1) is 0 Å². The summed E-state index contributed by atoms with van der Waals surface area (Å²) in [4.78, 5) is 0.292. The molecule has 0 aliphatic rings. The molecule has 0 atom stereocenters. The van der Waals surface area contributed by atoms with Crippen molar-refractivity contribution in [1.29, 1.82) is 0 Å². The zero-order valence-corrected chi connectivity index (χ0v) is 15.1. The molecule has 0 spiro atoms. The molecule has 0 aromatic heterocycles. The Morgan fingerprint density at radius 3 is 2.57 bits per heavy atom. The summed E-state index contributed by atoms with van der Waals surface area (Å²) >= 11 is 3.37. The summed E-state index contributed by atoms with van der Waals surface area (Å²) < 4.78 is 32.6. The second kappa shape index (κ2) is 8.85. The zero-order chi connectivity index (χ0) is 15.9. The van der Waals surface area contributed by atoms with E-state index < -0.39 is 10.0 Å². The normalized spacial score (nSPS) is 12.0. The average molecular weight is 379 g/mol. The van der Waals surface area contributed by atoms with Gasteiger partial charge in [-0.25, -0.2) is 8.42 Å². The fraction of sp³-hybridized carbons (Fsp3) is 0.571. The Morgan fingerprint density at radius 2 is 2.05 bits per heavy atom. The van der Waals surface area contributed by atoms with Crippen LogP contribution in [-0.2, 0) is 21.3 Å². The molecule has 0 aliphatic carbocycles. The van der Waals surface area contributed by atoms with E-state index in [4.69, 9.17) is 4.74 Å². The molecule has 21 heavy (non-hydrogen) atoms. The predicted octanol–water partition coefficient (Wildman–Crippen LogP) is 2.22. The Hall–Kier alpha value is -0.470. The lowest BCUT2D eigenvalue weighted by Crippen LogP contribution is -2.34. The van der Waals surface area contributed by atoms with E-state index in [-0.39, 0.29) is 0 Å². The number of sulfonamides is 1. The van der Waals surface area contributed by atoms with Crippen molar-refractivity contribution >= 4 is 26.0 Å². The van der Waals surface area contributed by atoms with Crippen LogP contribution in [0.1, 0.15) is 19.4 Å². The van der Waals surface area contributed by atoms with Crippen LogP contribution in [0.4, 0.5) is 0 Å². The highest BCUT2D eigenvalue weighted by atomic mass is 79.9. The Balaban J connectivity index is 2.99. The molecule has 1 aromatic rings. The second-order valence-corrected chi connectivity index (χ2v) is 7.25. The lowest BCUT2D eigenvalue weighted by Gasteiger charge is -2.21. The summed E-state index contributed by atoms with van der Waals surface area (Å²) in [6.07, 6.45) is 0. The van der Waals surface area contributed by atoms with Crippen molar-refractivity contribution in [3.05, 3.63) is 28.2 Å². The highest BCUT2D eigenvalue weighted by Crippen LogP contribution is 2.26. The summed E-state index contributed by atoms with van der Waals surface area (Å²) in [6, 6.07) is 5.31. The first-order valence-corrected chi connectivity index (χ1v) is 9.21. The first kappa shape index (κ1) is 18.6. The molecule has 120 valence electrons. The Morgan fingerprint density at radius 1 is 1.33 bits per heavy atom. The van der Waals surface area contributed by atoms with Crippen molar-refractivity contribution in [3.63, 3.8) is 0 Å². The van der Waals surface area contributed by atoms with E-state index in [1.807, 2.05) is 33.0 Å². The molecule has 0 radical (unpaired) electrons. The Labute approximate surface area is 135 Å². The summed E-state index contributed by atoms with van der Waals surface area (Å²) in [7, 11) is -1.66. The minimum absolute atomic E-state index is 0.292. The van der Waals surface area contributed by atoms with Crippen molar-refractivity contribution in [3.8, 4) is 0 Å². The highest BCUT2D eigenvalue weighted by molar-refractivity contribution is 9.10. The molecule has 1 aromatic carbocycles. The third kappa shape index (κ3) is 5.03. The van der Waals surface area contributed by atoms with E-state index in [1.54, 1.807) is 6.07 Å². The van der Waals surface area contributed by atoms with Gasteiger partial charge in [-0.1, -0.05) is 13.0 Å². The SMILES string of the molecule is CCOCCN(CC)S(=O)(=O)c1ccc(CNC)cc1Br. The van der Waals surface area contributed by atoms with E-state index in [0.717, 1.165) is 5.56 Å². The number of rotatable bonds is 9.